The number of hydrogen-bond acceptors (Lipinski definition) is 5. The molecule has 0 fully saturated rings. The lowest BCUT2D eigenvalue weighted by molar-refractivity contribution is 0.502. The maximum Gasteiger partial charge on any atom is 0.148 e. The van der Waals surface area contributed by atoms with E-state index < -0.39 is 0 Å². The van der Waals surface area contributed by atoms with Crippen molar-refractivity contribution in [1.82, 2.24) is 9.97 Å². The molecule has 0 saturated carbocycles. The number of hydrogen-bond donors (Lipinski definition) is 1. The van der Waals surface area contributed by atoms with Crippen LogP contribution in [0.15, 0.2) is 33.6 Å². The summed E-state index contributed by atoms with van der Waals surface area (Å²) < 4.78 is 6.27. The third-order valence-electron chi connectivity index (χ3n) is 2.72. The second-order valence-electron chi connectivity index (χ2n) is 3.98. The van der Waals surface area contributed by atoms with Crippen LogP contribution in [0.2, 0.25) is 0 Å². The van der Waals surface area contributed by atoms with Crippen LogP contribution in [0.5, 0.6) is 0 Å². The van der Waals surface area contributed by atoms with E-state index in [1.54, 1.807) is 12.6 Å². The second kappa shape index (κ2) is 6.56. The summed E-state index contributed by atoms with van der Waals surface area (Å²) in [7, 11) is 0. The van der Waals surface area contributed by atoms with Gasteiger partial charge in [0.1, 0.15) is 28.2 Å². The molecule has 0 unspecified atom stereocenters. The van der Waals surface area contributed by atoms with Crippen molar-refractivity contribution in [2.75, 3.05) is 23.3 Å². The first-order chi connectivity index (χ1) is 9.26. The molecule has 1 N–H and O–H groups in total. The predicted molar refractivity (Wildman–Crippen MR) is 79.3 cm³/mol. The maximum atomic E-state index is 5.39. The number of anilines is 2. The van der Waals surface area contributed by atoms with Gasteiger partial charge in [0.2, 0.25) is 0 Å². The Bertz CT molecular complexity index is 515. The molecule has 0 bridgehead atoms. The summed E-state index contributed by atoms with van der Waals surface area (Å²) in [6.45, 7) is 6.46. The molecule has 102 valence electrons. The summed E-state index contributed by atoms with van der Waals surface area (Å²) in [6, 6.07) is 3.85. The summed E-state index contributed by atoms with van der Waals surface area (Å²) in [6.07, 6.45) is 3.26. The Morgan fingerprint density at radius 2 is 2.21 bits per heavy atom. The van der Waals surface area contributed by atoms with Crippen molar-refractivity contribution in [3.63, 3.8) is 0 Å². The molecule has 2 rings (SSSR count). The minimum absolute atomic E-state index is 0.685. The number of aromatic nitrogens is 2. The highest BCUT2D eigenvalue weighted by Gasteiger charge is 2.15. The molecule has 5 nitrogen and oxygen atoms in total. The van der Waals surface area contributed by atoms with Gasteiger partial charge in [-0.15, -0.1) is 0 Å². The zero-order valence-corrected chi connectivity index (χ0v) is 12.6. The Morgan fingerprint density at radius 1 is 1.37 bits per heavy atom. The molecule has 6 heteroatoms. The van der Waals surface area contributed by atoms with E-state index in [4.69, 9.17) is 4.42 Å². The quantitative estimate of drug-likeness (QED) is 0.883. The molecule has 0 saturated heterocycles. The highest BCUT2D eigenvalue weighted by Crippen LogP contribution is 2.30. The van der Waals surface area contributed by atoms with Crippen LogP contribution >= 0.6 is 15.9 Å². The van der Waals surface area contributed by atoms with E-state index in [0.717, 1.165) is 35.0 Å². The van der Waals surface area contributed by atoms with E-state index in [9.17, 15) is 0 Å². The van der Waals surface area contributed by atoms with Crippen LogP contribution in [0.4, 0.5) is 11.6 Å². The van der Waals surface area contributed by atoms with E-state index in [-0.39, 0.29) is 0 Å². The molecule has 2 heterocycles. The Labute approximate surface area is 121 Å². The highest BCUT2D eigenvalue weighted by atomic mass is 79.9. The molecule has 0 amide bonds. The first-order valence-corrected chi connectivity index (χ1v) is 7.07. The molecule has 0 spiro atoms. The largest absolute Gasteiger partial charge is 0.467 e. The molecular weight excluding hydrogens is 308 g/mol. The topological polar surface area (TPSA) is 54.2 Å². The molecule has 2 aromatic rings. The van der Waals surface area contributed by atoms with Crippen molar-refractivity contribution in [3.05, 3.63) is 35.0 Å². The van der Waals surface area contributed by atoms with Gasteiger partial charge in [0.25, 0.3) is 0 Å². The third-order valence-corrected chi connectivity index (χ3v) is 3.45. The smallest absolute Gasteiger partial charge is 0.148 e. The second-order valence-corrected chi connectivity index (χ2v) is 4.78. The van der Waals surface area contributed by atoms with Crippen LogP contribution in [0, 0.1) is 0 Å². The van der Waals surface area contributed by atoms with Crippen molar-refractivity contribution in [1.29, 1.82) is 0 Å². The molecular formula is C13H17BrN4O. The van der Waals surface area contributed by atoms with Crippen molar-refractivity contribution >= 4 is 27.6 Å². The molecule has 0 atom stereocenters. The predicted octanol–water partition coefficient (Wildman–Crippen LogP) is 3.29. The molecule has 0 aliphatic rings. The lowest BCUT2D eigenvalue weighted by Gasteiger charge is -2.22. The van der Waals surface area contributed by atoms with E-state index in [1.165, 1.54) is 0 Å². The average Bonchev–Trinajstić information content (AvgIpc) is 2.92. The first-order valence-electron chi connectivity index (χ1n) is 6.28. The Morgan fingerprint density at radius 3 is 2.84 bits per heavy atom. The van der Waals surface area contributed by atoms with Crippen LogP contribution in [-0.2, 0) is 6.54 Å². The fraction of sp³-hybridized carbons (Fsp3) is 0.385. The van der Waals surface area contributed by atoms with Gasteiger partial charge < -0.3 is 14.6 Å². The number of furan rings is 1. The van der Waals surface area contributed by atoms with E-state index >= 15 is 0 Å². The molecule has 2 aromatic heterocycles. The molecule has 0 aliphatic heterocycles. The molecule has 19 heavy (non-hydrogen) atoms. The van der Waals surface area contributed by atoms with Crippen LogP contribution < -0.4 is 10.2 Å². The minimum Gasteiger partial charge on any atom is -0.467 e. The number of nitrogens with zero attached hydrogens (tertiary/aromatic N) is 3. The van der Waals surface area contributed by atoms with E-state index in [1.807, 2.05) is 19.1 Å². The van der Waals surface area contributed by atoms with Gasteiger partial charge in [-0.3, -0.25) is 0 Å². The van der Waals surface area contributed by atoms with Crippen molar-refractivity contribution in [2.24, 2.45) is 0 Å². The Balaban J connectivity index is 2.25. The zero-order chi connectivity index (χ0) is 13.7. The summed E-state index contributed by atoms with van der Waals surface area (Å²) in [5.41, 5.74) is 0. The van der Waals surface area contributed by atoms with Crippen molar-refractivity contribution < 1.29 is 4.42 Å². The summed E-state index contributed by atoms with van der Waals surface area (Å²) in [5.74, 6) is 2.59. The summed E-state index contributed by atoms with van der Waals surface area (Å²) in [5, 5.41) is 3.21. The monoisotopic (exact) mass is 324 g/mol. The van der Waals surface area contributed by atoms with Crippen molar-refractivity contribution in [3.8, 4) is 0 Å². The molecule has 0 aromatic carbocycles. The van der Waals surface area contributed by atoms with Crippen LogP contribution in [0.3, 0.4) is 0 Å². The lowest BCUT2D eigenvalue weighted by Crippen LogP contribution is -2.23. The van der Waals surface area contributed by atoms with Crippen molar-refractivity contribution in [2.45, 2.75) is 20.4 Å². The Hall–Kier alpha value is -1.56. The van der Waals surface area contributed by atoms with Gasteiger partial charge in [-0.1, -0.05) is 0 Å². The summed E-state index contributed by atoms with van der Waals surface area (Å²) in [4.78, 5) is 10.7. The van der Waals surface area contributed by atoms with Crippen LogP contribution in [0.25, 0.3) is 0 Å². The SMILES string of the molecule is CCNc1ncnc(N(CC)Cc2ccco2)c1Br. The van der Waals surface area contributed by atoms with Gasteiger partial charge >= 0.3 is 0 Å². The van der Waals surface area contributed by atoms with Gasteiger partial charge in [0, 0.05) is 13.1 Å². The normalized spacial score (nSPS) is 10.5. The summed E-state index contributed by atoms with van der Waals surface area (Å²) >= 11 is 3.57. The Kier molecular flexibility index (Phi) is 4.79. The van der Waals surface area contributed by atoms with Gasteiger partial charge in [0.05, 0.1) is 12.8 Å². The molecule has 0 radical (unpaired) electrons. The fourth-order valence-corrected chi connectivity index (χ4v) is 2.39. The number of nitrogens with one attached hydrogen (secondary N) is 1. The first kappa shape index (κ1) is 13.9. The lowest BCUT2D eigenvalue weighted by atomic mass is 10.3. The average molecular weight is 325 g/mol. The molecule has 0 aliphatic carbocycles. The van der Waals surface area contributed by atoms with E-state index in [0.29, 0.717) is 6.54 Å². The van der Waals surface area contributed by atoms with Gasteiger partial charge in [-0.05, 0) is 41.9 Å². The highest BCUT2D eigenvalue weighted by molar-refractivity contribution is 9.10. The minimum atomic E-state index is 0.685. The zero-order valence-electron chi connectivity index (χ0n) is 11.1. The third kappa shape index (κ3) is 3.26. The standard InChI is InChI=1S/C13H17BrN4O/c1-3-15-12-11(14)13(17-9-16-12)18(4-2)8-10-6-5-7-19-10/h5-7,9H,3-4,8H2,1-2H3,(H,15,16,17). The van der Waals surface area contributed by atoms with Gasteiger partial charge in [-0.25, -0.2) is 9.97 Å². The van der Waals surface area contributed by atoms with E-state index in [2.05, 4.69) is 43.0 Å². The van der Waals surface area contributed by atoms with Crippen LogP contribution in [-0.4, -0.2) is 23.1 Å². The van der Waals surface area contributed by atoms with Gasteiger partial charge in [-0.2, -0.15) is 0 Å². The van der Waals surface area contributed by atoms with Crippen LogP contribution in [0.1, 0.15) is 19.6 Å². The van der Waals surface area contributed by atoms with Gasteiger partial charge in [0.15, 0.2) is 0 Å². The fourth-order valence-electron chi connectivity index (χ4n) is 1.80. The number of rotatable bonds is 6. The number of halogens is 1. The maximum absolute atomic E-state index is 5.39.